The van der Waals surface area contributed by atoms with Crippen molar-refractivity contribution in [2.24, 2.45) is 5.10 Å². The van der Waals surface area contributed by atoms with Crippen LogP contribution in [0.25, 0.3) is 0 Å². The van der Waals surface area contributed by atoms with Gasteiger partial charge in [0.15, 0.2) is 18.1 Å². The smallest absolute Gasteiger partial charge is 0.343 e. The number of carbonyl (C=O) groups excluding carboxylic acids is 2. The molecule has 35 heavy (non-hydrogen) atoms. The Hall–Kier alpha value is -3.55. The Balaban J connectivity index is 1.55. The van der Waals surface area contributed by atoms with Crippen LogP contribution in [-0.2, 0) is 4.79 Å². The van der Waals surface area contributed by atoms with Gasteiger partial charge in [-0.1, -0.05) is 49.2 Å². The molecule has 9 heteroatoms. The molecule has 0 atom stereocenters. The van der Waals surface area contributed by atoms with Gasteiger partial charge in [-0.15, -0.1) is 0 Å². The molecule has 1 N–H and O–H groups in total. The molecule has 182 valence electrons. The van der Waals surface area contributed by atoms with Crippen molar-refractivity contribution in [3.05, 3.63) is 87.4 Å². The van der Waals surface area contributed by atoms with E-state index < -0.39 is 11.9 Å². The average molecular weight is 515 g/mol. The molecule has 0 aromatic heterocycles. The van der Waals surface area contributed by atoms with E-state index in [0.29, 0.717) is 28.0 Å². The van der Waals surface area contributed by atoms with E-state index in [0.717, 1.165) is 0 Å². The first-order chi connectivity index (χ1) is 16.8. The lowest BCUT2D eigenvalue weighted by Gasteiger charge is -2.10. The van der Waals surface area contributed by atoms with Gasteiger partial charge in [-0.25, -0.2) is 10.2 Å². The van der Waals surface area contributed by atoms with Crippen LogP contribution in [0.5, 0.6) is 17.2 Å². The number of hydrazone groups is 1. The highest BCUT2D eigenvalue weighted by atomic mass is 35.5. The molecule has 3 aromatic rings. The van der Waals surface area contributed by atoms with Crippen molar-refractivity contribution in [1.29, 1.82) is 0 Å². The molecular formula is C26H24Cl2N2O5. The number of hydrogen-bond acceptors (Lipinski definition) is 6. The molecular weight excluding hydrogens is 491 g/mol. The second kappa shape index (κ2) is 12.2. The molecule has 3 rings (SSSR count). The fraction of sp³-hybridized carbons (Fsp3) is 0.192. The van der Waals surface area contributed by atoms with Crippen LogP contribution in [0.3, 0.4) is 0 Å². The maximum Gasteiger partial charge on any atom is 0.343 e. The molecule has 0 fully saturated rings. The number of amides is 1. The highest BCUT2D eigenvalue weighted by Crippen LogP contribution is 2.29. The molecule has 0 unspecified atom stereocenters. The van der Waals surface area contributed by atoms with Gasteiger partial charge in [0.05, 0.1) is 28.9 Å². The van der Waals surface area contributed by atoms with Gasteiger partial charge in [-0.3, -0.25) is 4.79 Å². The van der Waals surface area contributed by atoms with Crippen LogP contribution < -0.4 is 19.6 Å². The lowest BCUT2D eigenvalue weighted by Crippen LogP contribution is -2.24. The maximum absolute atomic E-state index is 12.4. The molecule has 0 aliphatic heterocycles. The predicted molar refractivity (Wildman–Crippen MR) is 136 cm³/mol. The SMILES string of the molecule is COc1cc(/C=N\NC(=O)COc2ccc(C(C)C)cc2)ccc1OC(=O)c1ccc(Cl)c(Cl)c1. The Morgan fingerprint density at radius 3 is 2.37 bits per heavy atom. The van der Waals surface area contributed by atoms with Crippen LogP contribution in [0, 0.1) is 0 Å². The van der Waals surface area contributed by atoms with Crippen molar-refractivity contribution in [1.82, 2.24) is 5.43 Å². The Morgan fingerprint density at radius 2 is 1.71 bits per heavy atom. The number of rotatable bonds is 9. The molecule has 3 aromatic carbocycles. The fourth-order valence-corrected chi connectivity index (χ4v) is 3.24. The van der Waals surface area contributed by atoms with E-state index in [1.54, 1.807) is 18.2 Å². The van der Waals surface area contributed by atoms with Gasteiger partial charge in [0.2, 0.25) is 0 Å². The van der Waals surface area contributed by atoms with Crippen molar-refractivity contribution in [2.75, 3.05) is 13.7 Å². The van der Waals surface area contributed by atoms with Crippen molar-refractivity contribution >= 4 is 41.3 Å². The van der Waals surface area contributed by atoms with Crippen LogP contribution in [0.1, 0.15) is 41.3 Å². The predicted octanol–water partition coefficient (Wildman–Crippen LogP) is 5.87. The molecule has 0 heterocycles. The van der Waals surface area contributed by atoms with Crippen molar-refractivity contribution in [3.8, 4) is 17.2 Å². The first-order valence-corrected chi connectivity index (χ1v) is 11.4. The summed E-state index contributed by atoms with van der Waals surface area (Å²) in [5.74, 6) is 0.513. The summed E-state index contributed by atoms with van der Waals surface area (Å²) in [5, 5.41) is 4.51. The number of nitrogens with zero attached hydrogens (tertiary/aromatic N) is 1. The Bertz CT molecular complexity index is 1230. The molecule has 7 nitrogen and oxygen atoms in total. The summed E-state index contributed by atoms with van der Waals surface area (Å²) in [6, 6.07) is 16.9. The van der Waals surface area contributed by atoms with E-state index in [1.807, 2.05) is 24.3 Å². The molecule has 1 amide bonds. The van der Waals surface area contributed by atoms with E-state index in [4.69, 9.17) is 37.4 Å². The number of ether oxygens (including phenoxy) is 3. The number of benzene rings is 3. The number of carbonyl (C=O) groups is 2. The quantitative estimate of drug-likeness (QED) is 0.167. The summed E-state index contributed by atoms with van der Waals surface area (Å²) in [5.41, 5.74) is 4.45. The summed E-state index contributed by atoms with van der Waals surface area (Å²) in [6.07, 6.45) is 1.43. The Morgan fingerprint density at radius 1 is 0.971 bits per heavy atom. The van der Waals surface area contributed by atoms with Crippen LogP contribution in [0.4, 0.5) is 0 Å². The van der Waals surface area contributed by atoms with E-state index in [2.05, 4.69) is 24.4 Å². The summed E-state index contributed by atoms with van der Waals surface area (Å²) < 4.78 is 16.2. The average Bonchev–Trinajstić information content (AvgIpc) is 2.85. The largest absolute Gasteiger partial charge is 0.493 e. The van der Waals surface area contributed by atoms with E-state index in [9.17, 15) is 9.59 Å². The third-order valence-corrected chi connectivity index (χ3v) is 5.60. The van der Waals surface area contributed by atoms with Crippen LogP contribution in [0.2, 0.25) is 10.0 Å². The number of halogens is 2. The van der Waals surface area contributed by atoms with Gasteiger partial charge in [0, 0.05) is 0 Å². The van der Waals surface area contributed by atoms with E-state index in [-0.39, 0.29) is 22.9 Å². The zero-order chi connectivity index (χ0) is 25.4. The summed E-state index contributed by atoms with van der Waals surface area (Å²) in [4.78, 5) is 24.4. The minimum Gasteiger partial charge on any atom is -0.493 e. The zero-order valence-corrected chi connectivity index (χ0v) is 20.9. The maximum atomic E-state index is 12.4. The van der Waals surface area contributed by atoms with Gasteiger partial charge < -0.3 is 14.2 Å². The second-order valence-electron chi connectivity index (χ2n) is 7.73. The number of nitrogens with one attached hydrogen (secondary N) is 1. The molecule has 0 saturated heterocycles. The topological polar surface area (TPSA) is 86.2 Å². The highest BCUT2D eigenvalue weighted by Gasteiger charge is 2.14. The number of esters is 1. The standard InChI is InChI=1S/C26H24Cl2N2O5/c1-16(2)18-5-8-20(9-6-18)34-15-25(31)30-29-14-17-4-11-23(24(12-17)33-3)35-26(32)19-7-10-21(27)22(28)13-19/h4-14,16H,15H2,1-3H3,(H,30,31)/b29-14-. The molecule has 0 aliphatic carbocycles. The lowest BCUT2D eigenvalue weighted by molar-refractivity contribution is -0.123. The lowest BCUT2D eigenvalue weighted by atomic mass is 10.0. The van der Waals surface area contributed by atoms with Gasteiger partial charge >= 0.3 is 5.97 Å². The Labute approximate surface area is 213 Å². The Kier molecular flexibility index (Phi) is 9.11. The summed E-state index contributed by atoms with van der Waals surface area (Å²) >= 11 is 11.8. The first-order valence-electron chi connectivity index (χ1n) is 10.7. The van der Waals surface area contributed by atoms with Crippen LogP contribution in [-0.4, -0.2) is 31.8 Å². The minimum atomic E-state index is -0.616. The van der Waals surface area contributed by atoms with Crippen molar-refractivity contribution in [3.63, 3.8) is 0 Å². The number of hydrogen-bond donors (Lipinski definition) is 1. The number of methoxy groups -OCH3 is 1. The normalized spacial score (nSPS) is 10.9. The van der Waals surface area contributed by atoms with Crippen molar-refractivity contribution in [2.45, 2.75) is 19.8 Å². The van der Waals surface area contributed by atoms with Gasteiger partial charge in [-0.05, 0) is 65.6 Å². The zero-order valence-electron chi connectivity index (χ0n) is 19.4. The third kappa shape index (κ3) is 7.47. The fourth-order valence-electron chi connectivity index (χ4n) is 2.94. The minimum absolute atomic E-state index is 0.175. The molecule has 0 radical (unpaired) electrons. The van der Waals surface area contributed by atoms with Gasteiger partial charge in [0.1, 0.15) is 5.75 Å². The van der Waals surface area contributed by atoms with Gasteiger partial charge in [0.25, 0.3) is 5.91 Å². The van der Waals surface area contributed by atoms with Crippen LogP contribution in [0.15, 0.2) is 65.8 Å². The van der Waals surface area contributed by atoms with Crippen LogP contribution >= 0.6 is 23.2 Å². The summed E-state index contributed by atoms with van der Waals surface area (Å²) in [6.45, 7) is 4.04. The van der Waals surface area contributed by atoms with E-state index in [1.165, 1.54) is 37.1 Å². The van der Waals surface area contributed by atoms with E-state index >= 15 is 0 Å². The second-order valence-corrected chi connectivity index (χ2v) is 8.55. The highest BCUT2D eigenvalue weighted by molar-refractivity contribution is 6.42. The summed E-state index contributed by atoms with van der Waals surface area (Å²) in [7, 11) is 1.44. The van der Waals surface area contributed by atoms with Crippen molar-refractivity contribution < 1.29 is 23.8 Å². The van der Waals surface area contributed by atoms with Gasteiger partial charge in [-0.2, -0.15) is 5.10 Å². The molecule has 0 bridgehead atoms. The third-order valence-electron chi connectivity index (χ3n) is 4.87. The first kappa shape index (κ1) is 26.1. The molecule has 0 spiro atoms. The molecule has 0 aliphatic rings. The monoisotopic (exact) mass is 514 g/mol. The molecule has 0 saturated carbocycles.